The molecule has 0 radical (unpaired) electrons. The molecule has 2 saturated heterocycles. The van der Waals surface area contributed by atoms with Crippen LogP contribution >= 0.6 is 23.2 Å². The number of nitrogens with zero attached hydrogens (tertiary/aromatic N) is 2. The van der Waals surface area contributed by atoms with Crippen molar-refractivity contribution in [3.8, 4) is 11.5 Å². The Balaban J connectivity index is 1.13. The van der Waals surface area contributed by atoms with E-state index in [0.29, 0.717) is 33.0 Å². The van der Waals surface area contributed by atoms with Crippen LogP contribution in [-0.4, -0.2) is 40.9 Å². The standard InChI is InChI=1S/C49H38Cl2N4O6/c1-61-33-19-12-28(13-20-33)49-38(46(58)55(48(49)60)53-40-23-14-29(50)25-39(40)51)26-37-35(44(49)43-34-10-6-5-7-27(34)11-24-41(43)56)21-22-36-42(37)47(59)54(45(36)57)32-17-15-31(16-18-32)52-30-8-3-2-4-9-30/h2-21,23-25,36-38,42,44,52-53,56H,22,26H2,1H3. The highest BCUT2D eigenvalue weighted by molar-refractivity contribution is 6.36. The van der Waals surface area contributed by atoms with E-state index in [0.717, 1.165) is 27.3 Å². The van der Waals surface area contributed by atoms with Gasteiger partial charge in [0, 0.05) is 27.9 Å². The lowest BCUT2D eigenvalue weighted by Gasteiger charge is -2.51. The van der Waals surface area contributed by atoms with Crippen molar-refractivity contribution in [1.82, 2.24) is 5.01 Å². The van der Waals surface area contributed by atoms with E-state index in [4.69, 9.17) is 27.9 Å². The third kappa shape index (κ3) is 5.99. The molecule has 0 aromatic heterocycles. The largest absolute Gasteiger partial charge is 0.508 e. The molecule has 61 heavy (non-hydrogen) atoms. The van der Waals surface area contributed by atoms with E-state index in [9.17, 15) is 14.7 Å². The Kier molecular flexibility index (Phi) is 9.38. The van der Waals surface area contributed by atoms with Crippen molar-refractivity contribution >= 4 is 80.4 Å². The molecule has 10 nitrogen and oxygen atoms in total. The lowest BCUT2D eigenvalue weighted by molar-refractivity contribution is -0.138. The van der Waals surface area contributed by atoms with Crippen LogP contribution in [0.3, 0.4) is 0 Å². The van der Waals surface area contributed by atoms with Crippen molar-refractivity contribution in [3.63, 3.8) is 0 Å². The number of imide groups is 2. The number of anilines is 4. The summed E-state index contributed by atoms with van der Waals surface area (Å²) in [5.41, 5.74) is 5.51. The Morgan fingerprint density at radius 1 is 0.754 bits per heavy atom. The SMILES string of the molecule is COc1ccc(C23C(=O)N(Nc4ccc(Cl)cc4Cl)C(=O)C2CC2C(=CCC4C(=O)N(c5ccc(Nc6ccccc6)cc5)C(=O)C42)C3c2c(O)ccc3ccccc23)cc1. The van der Waals surface area contributed by atoms with Crippen molar-refractivity contribution in [2.45, 2.75) is 24.2 Å². The van der Waals surface area contributed by atoms with Crippen LogP contribution in [0.25, 0.3) is 10.8 Å². The third-order valence-electron chi connectivity index (χ3n) is 13.0. The highest BCUT2D eigenvalue weighted by Crippen LogP contribution is 2.65. The second-order valence-electron chi connectivity index (χ2n) is 16.0. The molecule has 304 valence electrons. The number of aromatic hydroxyl groups is 1. The normalized spacial score (nSPS) is 24.3. The number of hydrazine groups is 1. The van der Waals surface area contributed by atoms with E-state index in [-0.39, 0.29) is 41.1 Å². The van der Waals surface area contributed by atoms with Gasteiger partial charge in [0.1, 0.15) is 11.5 Å². The minimum absolute atomic E-state index is 0.0638. The summed E-state index contributed by atoms with van der Waals surface area (Å²) >= 11 is 12.9. The number of amides is 4. The molecule has 3 N–H and O–H groups in total. The van der Waals surface area contributed by atoms with Gasteiger partial charge < -0.3 is 15.2 Å². The van der Waals surface area contributed by atoms with Crippen LogP contribution in [0, 0.1) is 23.7 Å². The highest BCUT2D eigenvalue weighted by atomic mass is 35.5. The zero-order valence-corrected chi connectivity index (χ0v) is 34.2. The molecule has 0 bridgehead atoms. The van der Waals surface area contributed by atoms with Crippen molar-refractivity contribution < 1.29 is 29.0 Å². The number of benzene rings is 6. The predicted molar refractivity (Wildman–Crippen MR) is 235 cm³/mol. The summed E-state index contributed by atoms with van der Waals surface area (Å²) in [6.07, 6.45) is 2.27. The van der Waals surface area contributed by atoms with Crippen LogP contribution in [0.1, 0.15) is 29.9 Å². The smallest absolute Gasteiger partial charge is 0.260 e. The summed E-state index contributed by atoms with van der Waals surface area (Å²) in [5.74, 6) is -5.49. The first-order chi connectivity index (χ1) is 29.6. The first kappa shape index (κ1) is 38.6. The maximum atomic E-state index is 15.7. The fourth-order valence-corrected chi connectivity index (χ4v) is 10.8. The number of carbonyl (C=O) groups excluding carboxylic acids is 4. The Bertz CT molecular complexity index is 2820. The number of rotatable bonds is 8. The van der Waals surface area contributed by atoms with Gasteiger partial charge in [-0.25, -0.2) is 0 Å². The van der Waals surface area contributed by atoms with E-state index in [1.165, 1.54) is 11.0 Å². The van der Waals surface area contributed by atoms with Crippen LogP contribution in [0.4, 0.5) is 22.7 Å². The van der Waals surface area contributed by atoms with Crippen LogP contribution in [0.2, 0.25) is 10.0 Å². The molecule has 6 aromatic rings. The maximum Gasteiger partial charge on any atom is 0.260 e. The van der Waals surface area contributed by atoms with Gasteiger partial charge in [-0.05, 0) is 108 Å². The summed E-state index contributed by atoms with van der Waals surface area (Å²) < 4.78 is 5.53. The van der Waals surface area contributed by atoms with Gasteiger partial charge in [-0.1, -0.05) is 95.5 Å². The molecule has 4 aliphatic rings. The summed E-state index contributed by atoms with van der Waals surface area (Å²) in [7, 11) is 1.55. The molecule has 12 heteroatoms. The maximum absolute atomic E-state index is 15.7. The number of ether oxygens (including phenoxy) is 1. The molecule has 4 amide bonds. The summed E-state index contributed by atoms with van der Waals surface area (Å²) in [6.45, 7) is 0. The second-order valence-corrected chi connectivity index (χ2v) is 16.8. The Morgan fingerprint density at radius 2 is 1.48 bits per heavy atom. The molecule has 6 unspecified atom stereocenters. The predicted octanol–water partition coefficient (Wildman–Crippen LogP) is 9.79. The van der Waals surface area contributed by atoms with E-state index < -0.39 is 46.8 Å². The first-order valence-electron chi connectivity index (χ1n) is 20.0. The number of phenols is 1. The van der Waals surface area contributed by atoms with Crippen LogP contribution < -0.4 is 20.4 Å². The highest BCUT2D eigenvalue weighted by Gasteiger charge is 2.71. The molecule has 0 spiro atoms. The van der Waals surface area contributed by atoms with Crippen molar-refractivity contribution in [2.24, 2.45) is 23.7 Å². The molecule has 10 rings (SSSR count). The lowest BCUT2D eigenvalue weighted by Crippen LogP contribution is -2.53. The van der Waals surface area contributed by atoms with E-state index in [1.807, 2.05) is 78.9 Å². The average Bonchev–Trinajstić information content (AvgIpc) is 3.66. The summed E-state index contributed by atoms with van der Waals surface area (Å²) in [5, 5.41) is 18.5. The minimum atomic E-state index is -1.64. The number of fused-ring (bicyclic) bond motifs is 5. The lowest BCUT2D eigenvalue weighted by atomic mass is 9.48. The molecular formula is C49H38Cl2N4O6. The quantitative estimate of drug-likeness (QED) is 0.102. The minimum Gasteiger partial charge on any atom is -0.508 e. The fraction of sp³-hybridized carbons (Fsp3) is 0.184. The topological polar surface area (TPSA) is 128 Å². The zero-order chi connectivity index (χ0) is 42.2. The zero-order valence-electron chi connectivity index (χ0n) is 32.7. The number of carbonyl (C=O) groups is 4. The summed E-state index contributed by atoms with van der Waals surface area (Å²) in [4.78, 5) is 61.6. The van der Waals surface area contributed by atoms with Crippen molar-refractivity contribution in [2.75, 3.05) is 22.8 Å². The van der Waals surface area contributed by atoms with Gasteiger partial charge in [0.05, 0.1) is 46.7 Å². The molecular weight excluding hydrogens is 811 g/mol. The molecule has 2 aliphatic carbocycles. The van der Waals surface area contributed by atoms with E-state index >= 15 is 9.59 Å². The van der Waals surface area contributed by atoms with Crippen molar-refractivity contribution in [3.05, 3.63) is 166 Å². The number of para-hydroxylation sites is 1. The number of nitrogens with one attached hydrogen (secondary N) is 2. The average molecular weight is 850 g/mol. The van der Waals surface area contributed by atoms with Gasteiger partial charge >= 0.3 is 0 Å². The van der Waals surface area contributed by atoms with Gasteiger partial charge in [-0.3, -0.25) is 29.5 Å². The third-order valence-corrected chi connectivity index (χ3v) is 13.6. The second kappa shape index (κ2) is 14.8. The Labute approximate surface area is 361 Å². The van der Waals surface area contributed by atoms with Gasteiger partial charge in [-0.15, -0.1) is 0 Å². The Morgan fingerprint density at radius 3 is 2.21 bits per heavy atom. The van der Waals surface area contributed by atoms with Crippen molar-refractivity contribution in [1.29, 1.82) is 0 Å². The molecule has 6 aromatic carbocycles. The summed E-state index contributed by atoms with van der Waals surface area (Å²) in [6, 6.07) is 39.6. The number of methoxy groups -OCH3 is 1. The molecule has 2 aliphatic heterocycles. The fourth-order valence-electron chi connectivity index (χ4n) is 10.4. The van der Waals surface area contributed by atoms with Crippen LogP contribution in [0.5, 0.6) is 11.5 Å². The van der Waals surface area contributed by atoms with Gasteiger partial charge in [-0.2, -0.15) is 5.01 Å². The number of allylic oxidation sites excluding steroid dienone is 2. The number of phenolic OH excluding ortho intramolecular Hbond substituents is 1. The van der Waals surface area contributed by atoms with E-state index in [2.05, 4.69) is 10.7 Å². The number of halogens is 2. The molecule has 6 atom stereocenters. The van der Waals surface area contributed by atoms with Gasteiger partial charge in [0.15, 0.2) is 0 Å². The number of hydrogen-bond donors (Lipinski definition) is 3. The van der Waals surface area contributed by atoms with Gasteiger partial charge in [0.25, 0.3) is 11.8 Å². The Hall–Kier alpha value is -6.62. The monoisotopic (exact) mass is 848 g/mol. The molecule has 1 saturated carbocycles. The molecule has 3 fully saturated rings. The first-order valence-corrected chi connectivity index (χ1v) is 20.8. The van der Waals surface area contributed by atoms with Crippen LogP contribution in [-0.2, 0) is 24.6 Å². The van der Waals surface area contributed by atoms with Gasteiger partial charge in [0.2, 0.25) is 11.8 Å². The molecule has 2 heterocycles. The van der Waals surface area contributed by atoms with E-state index in [1.54, 1.807) is 61.7 Å². The van der Waals surface area contributed by atoms with Crippen LogP contribution in [0.15, 0.2) is 145 Å². The number of hydrogen-bond acceptors (Lipinski definition) is 8.